The largest absolute Gasteiger partial charge is 0.291 e. The van der Waals surface area contributed by atoms with Gasteiger partial charge in [0.05, 0.1) is 10.9 Å². The van der Waals surface area contributed by atoms with Crippen molar-refractivity contribution in [2.75, 3.05) is 5.88 Å². The van der Waals surface area contributed by atoms with Gasteiger partial charge in [0.25, 0.3) is 5.56 Å². The molecule has 2 rings (SSSR count). The second-order valence-electron chi connectivity index (χ2n) is 3.60. The van der Waals surface area contributed by atoms with Crippen LogP contribution in [0.1, 0.15) is 5.82 Å². The zero-order valence-electron chi connectivity index (χ0n) is 9.04. The molecule has 0 saturated heterocycles. The molecule has 0 amide bonds. The second kappa shape index (κ2) is 5.25. The standard InChI is InChI=1S/C11H8Cl4N2O/c12-5-6-17-9(18)7-3-1-2-4-8(7)16-10(17)11(13,14)15/h1-4H,5-6H2. The van der Waals surface area contributed by atoms with Crippen molar-refractivity contribution in [1.29, 1.82) is 0 Å². The summed E-state index contributed by atoms with van der Waals surface area (Å²) in [5.41, 5.74) is 0.234. The van der Waals surface area contributed by atoms with Gasteiger partial charge in [-0.05, 0) is 12.1 Å². The first kappa shape index (κ1) is 13.9. The fourth-order valence-electron chi connectivity index (χ4n) is 1.68. The molecule has 0 atom stereocenters. The minimum Gasteiger partial charge on any atom is -0.291 e. The van der Waals surface area contributed by atoms with Crippen LogP contribution in [0.2, 0.25) is 0 Å². The summed E-state index contributed by atoms with van der Waals surface area (Å²) in [7, 11) is 0. The zero-order valence-corrected chi connectivity index (χ0v) is 12.1. The van der Waals surface area contributed by atoms with Gasteiger partial charge in [0.2, 0.25) is 3.79 Å². The molecule has 0 aliphatic carbocycles. The molecule has 1 heterocycles. The van der Waals surface area contributed by atoms with E-state index in [1.165, 1.54) is 4.57 Å². The molecule has 1 aromatic heterocycles. The SMILES string of the molecule is O=c1c2ccccc2nc(C(Cl)(Cl)Cl)n1CCCl. The molecule has 0 bridgehead atoms. The molecule has 0 spiro atoms. The lowest BCUT2D eigenvalue weighted by Crippen LogP contribution is -2.29. The van der Waals surface area contributed by atoms with Gasteiger partial charge in [0.15, 0.2) is 5.82 Å². The molecule has 0 N–H and O–H groups in total. The number of benzene rings is 1. The molecule has 0 unspecified atom stereocenters. The molecule has 7 heteroatoms. The second-order valence-corrected chi connectivity index (χ2v) is 6.26. The molecule has 0 aliphatic heterocycles. The Morgan fingerprint density at radius 2 is 1.89 bits per heavy atom. The van der Waals surface area contributed by atoms with E-state index in [-0.39, 0.29) is 23.8 Å². The van der Waals surface area contributed by atoms with Gasteiger partial charge in [-0.1, -0.05) is 46.9 Å². The molecule has 0 saturated carbocycles. The van der Waals surface area contributed by atoms with Gasteiger partial charge in [0.1, 0.15) is 0 Å². The van der Waals surface area contributed by atoms with Crippen molar-refractivity contribution in [2.24, 2.45) is 0 Å². The fraction of sp³-hybridized carbons (Fsp3) is 0.273. The van der Waals surface area contributed by atoms with Crippen molar-refractivity contribution >= 4 is 57.3 Å². The summed E-state index contributed by atoms with van der Waals surface area (Å²) >= 11 is 23.2. The highest BCUT2D eigenvalue weighted by Crippen LogP contribution is 2.36. The summed E-state index contributed by atoms with van der Waals surface area (Å²) in [6, 6.07) is 6.90. The van der Waals surface area contributed by atoms with Crippen molar-refractivity contribution in [1.82, 2.24) is 9.55 Å². The average Bonchev–Trinajstić information content (AvgIpc) is 2.31. The quantitative estimate of drug-likeness (QED) is 0.792. The minimum absolute atomic E-state index is 0.0804. The van der Waals surface area contributed by atoms with E-state index in [9.17, 15) is 4.79 Å². The topological polar surface area (TPSA) is 34.9 Å². The number of hydrogen-bond acceptors (Lipinski definition) is 2. The van der Waals surface area contributed by atoms with Crippen LogP contribution in [0.5, 0.6) is 0 Å². The number of rotatable bonds is 2. The zero-order chi connectivity index (χ0) is 13.3. The monoisotopic (exact) mass is 324 g/mol. The van der Waals surface area contributed by atoms with E-state index in [0.717, 1.165) is 0 Å². The minimum atomic E-state index is -1.77. The lowest BCUT2D eigenvalue weighted by atomic mass is 10.2. The van der Waals surface area contributed by atoms with Gasteiger partial charge >= 0.3 is 0 Å². The highest BCUT2D eigenvalue weighted by atomic mass is 35.6. The number of hydrogen-bond donors (Lipinski definition) is 0. The maximum atomic E-state index is 12.3. The van der Waals surface area contributed by atoms with E-state index < -0.39 is 3.79 Å². The van der Waals surface area contributed by atoms with E-state index in [4.69, 9.17) is 46.4 Å². The predicted octanol–water partition coefficient (Wildman–Crippen LogP) is 3.46. The first-order valence-corrected chi connectivity index (χ1v) is 6.74. The highest BCUT2D eigenvalue weighted by molar-refractivity contribution is 6.66. The van der Waals surface area contributed by atoms with Gasteiger partial charge in [0, 0.05) is 12.4 Å². The predicted molar refractivity (Wildman–Crippen MR) is 76.0 cm³/mol. The van der Waals surface area contributed by atoms with Gasteiger partial charge in [-0.3, -0.25) is 9.36 Å². The van der Waals surface area contributed by atoms with E-state index >= 15 is 0 Å². The Morgan fingerprint density at radius 1 is 1.22 bits per heavy atom. The average molecular weight is 326 g/mol. The lowest BCUT2D eigenvalue weighted by molar-refractivity contribution is 0.670. The molecule has 18 heavy (non-hydrogen) atoms. The first-order chi connectivity index (χ1) is 8.45. The van der Waals surface area contributed by atoms with Crippen LogP contribution in [0.25, 0.3) is 10.9 Å². The molecule has 0 aliphatic rings. The molecule has 0 radical (unpaired) electrons. The van der Waals surface area contributed by atoms with Gasteiger partial charge in [-0.15, -0.1) is 11.6 Å². The summed E-state index contributed by atoms with van der Waals surface area (Å²) in [5, 5.41) is 0.473. The van der Waals surface area contributed by atoms with Crippen LogP contribution >= 0.6 is 46.4 Å². The van der Waals surface area contributed by atoms with Crippen molar-refractivity contribution in [3.05, 3.63) is 40.4 Å². The van der Waals surface area contributed by atoms with Crippen LogP contribution in [0.4, 0.5) is 0 Å². The number of fused-ring (bicyclic) bond motifs is 1. The van der Waals surface area contributed by atoms with E-state index in [1.54, 1.807) is 24.3 Å². The number of nitrogens with zero attached hydrogens (tertiary/aromatic N) is 2. The Balaban J connectivity index is 2.84. The summed E-state index contributed by atoms with van der Waals surface area (Å²) in [6.45, 7) is 0.238. The van der Waals surface area contributed by atoms with Crippen LogP contribution < -0.4 is 5.56 Å². The Bertz CT molecular complexity index is 633. The number of aromatic nitrogens is 2. The normalized spacial score (nSPS) is 12.0. The third-order valence-electron chi connectivity index (χ3n) is 2.42. The number of alkyl halides is 4. The molecule has 3 nitrogen and oxygen atoms in total. The van der Waals surface area contributed by atoms with Crippen LogP contribution in [0.3, 0.4) is 0 Å². The first-order valence-electron chi connectivity index (χ1n) is 5.08. The van der Waals surface area contributed by atoms with Crippen molar-refractivity contribution in [3.8, 4) is 0 Å². The summed E-state index contributed by atoms with van der Waals surface area (Å²) in [4.78, 5) is 16.5. The molecule has 96 valence electrons. The third-order valence-corrected chi connectivity index (χ3v) is 3.10. The van der Waals surface area contributed by atoms with Crippen LogP contribution in [0, 0.1) is 0 Å². The Kier molecular flexibility index (Phi) is 4.07. The van der Waals surface area contributed by atoms with Crippen molar-refractivity contribution < 1.29 is 0 Å². The summed E-state index contributed by atoms with van der Waals surface area (Å²) in [6.07, 6.45) is 0. The van der Waals surface area contributed by atoms with Crippen LogP contribution in [-0.2, 0) is 10.3 Å². The van der Waals surface area contributed by atoms with Crippen molar-refractivity contribution in [2.45, 2.75) is 10.3 Å². The van der Waals surface area contributed by atoms with E-state index in [2.05, 4.69) is 4.98 Å². The van der Waals surface area contributed by atoms with Crippen LogP contribution in [0.15, 0.2) is 29.1 Å². The molecule has 0 fully saturated rings. The Hall–Kier alpha value is -0.480. The Morgan fingerprint density at radius 3 is 2.50 bits per heavy atom. The van der Waals surface area contributed by atoms with E-state index in [0.29, 0.717) is 10.9 Å². The molecular weight excluding hydrogens is 318 g/mol. The summed E-state index contributed by atoms with van der Waals surface area (Å²) in [5.74, 6) is 0.310. The van der Waals surface area contributed by atoms with Gasteiger partial charge in [-0.2, -0.15) is 0 Å². The molecular formula is C11H8Cl4N2O. The third kappa shape index (κ3) is 2.59. The smallest absolute Gasteiger partial charge is 0.261 e. The van der Waals surface area contributed by atoms with Gasteiger partial charge in [-0.25, -0.2) is 4.98 Å². The maximum Gasteiger partial charge on any atom is 0.261 e. The van der Waals surface area contributed by atoms with Crippen LogP contribution in [-0.4, -0.2) is 15.4 Å². The van der Waals surface area contributed by atoms with Crippen molar-refractivity contribution in [3.63, 3.8) is 0 Å². The molecule has 2 aromatic rings. The molecule has 1 aromatic carbocycles. The van der Waals surface area contributed by atoms with Gasteiger partial charge < -0.3 is 0 Å². The van der Waals surface area contributed by atoms with E-state index in [1.807, 2.05) is 0 Å². The Labute approximate surface area is 123 Å². The highest BCUT2D eigenvalue weighted by Gasteiger charge is 2.29. The maximum absolute atomic E-state index is 12.3. The summed E-state index contributed by atoms with van der Waals surface area (Å²) < 4.78 is -0.475. The lowest BCUT2D eigenvalue weighted by Gasteiger charge is -2.17. The number of para-hydroxylation sites is 1. The number of halogens is 4. The fourth-order valence-corrected chi connectivity index (χ4v) is 2.28.